The maximum Gasteiger partial charge on any atom is 0.0921 e. The summed E-state index contributed by atoms with van der Waals surface area (Å²) in [5, 5.41) is 2.21. The molecule has 14 heavy (non-hydrogen) atoms. The normalized spacial score (nSPS) is 20.7. The van der Waals surface area contributed by atoms with Gasteiger partial charge in [0, 0.05) is 22.7 Å². The molecule has 2 heterocycles. The Morgan fingerprint density at radius 3 is 3.36 bits per heavy atom. The van der Waals surface area contributed by atoms with E-state index < -0.39 is 0 Å². The van der Waals surface area contributed by atoms with Gasteiger partial charge in [0.25, 0.3) is 0 Å². The van der Waals surface area contributed by atoms with Crippen LogP contribution >= 0.6 is 11.3 Å². The predicted molar refractivity (Wildman–Crippen MR) is 57.7 cm³/mol. The van der Waals surface area contributed by atoms with Crippen molar-refractivity contribution in [2.45, 2.75) is 25.2 Å². The van der Waals surface area contributed by atoms with E-state index in [-0.39, 0.29) is 0 Å². The van der Waals surface area contributed by atoms with Crippen LogP contribution in [0, 0.1) is 0 Å². The van der Waals surface area contributed by atoms with Crippen LogP contribution in [-0.2, 0) is 6.42 Å². The molecule has 2 aromatic heterocycles. The SMILES string of the molecule is c1ncc(C2CCCc3sccc32)[nH]1. The van der Waals surface area contributed by atoms with Gasteiger partial charge in [-0.05, 0) is 36.3 Å². The fourth-order valence-corrected chi connectivity index (χ4v) is 3.25. The van der Waals surface area contributed by atoms with Gasteiger partial charge in [-0.1, -0.05) is 0 Å². The fraction of sp³-hybridized carbons (Fsp3) is 0.364. The highest BCUT2D eigenvalue weighted by Gasteiger charge is 2.23. The van der Waals surface area contributed by atoms with Crippen LogP contribution in [0.5, 0.6) is 0 Å². The minimum Gasteiger partial charge on any atom is -0.348 e. The van der Waals surface area contributed by atoms with Gasteiger partial charge in [-0.15, -0.1) is 11.3 Å². The molecule has 0 saturated carbocycles. The number of aromatic amines is 1. The maximum atomic E-state index is 4.10. The summed E-state index contributed by atoms with van der Waals surface area (Å²) in [4.78, 5) is 8.90. The Kier molecular flexibility index (Phi) is 1.91. The minimum absolute atomic E-state index is 0.562. The van der Waals surface area contributed by atoms with Gasteiger partial charge >= 0.3 is 0 Å². The molecule has 1 aliphatic carbocycles. The van der Waals surface area contributed by atoms with Gasteiger partial charge in [0.15, 0.2) is 0 Å². The van der Waals surface area contributed by atoms with Gasteiger partial charge in [-0.25, -0.2) is 4.98 Å². The molecule has 1 atom stereocenters. The third kappa shape index (κ3) is 1.20. The summed E-state index contributed by atoms with van der Waals surface area (Å²) in [6.07, 6.45) is 7.55. The minimum atomic E-state index is 0.562. The molecule has 0 saturated heterocycles. The van der Waals surface area contributed by atoms with Crippen molar-refractivity contribution in [3.8, 4) is 0 Å². The smallest absolute Gasteiger partial charge is 0.0921 e. The number of hydrogen-bond donors (Lipinski definition) is 1. The Morgan fingerprint density at radius 2 is 2.50 bits per heavy atom. The van der Waals surface area contributed by atoms with Crippen LogP contribution in [0.3, 0.4) is 0 Å². The number of imidazole rings is 1. The number of nitrogens with zero attached hydrogens (tertiary/aromatic N) is 1. The second-order valence-corrected chi connectivity index (χ2v) is 4.75. The quantitative estimate of drug-likeness (QED) is 0.760. The second kappa shape index (κ2) is 3.24. The molecule has 2 nitrogen and oxygen atoms in total. The second-order valence-electron chi connectivity index (χ2n) is 3.75. The van der Waals surface area contributed by atoms with Gasteiger partial charge in [0.05, 0.1) is 6.33 Å². The van der Waals surface area contributed by atoms with Crippen LogP contribution < -0.4 is 0 Å². The summed E-state index contributed by atoms with van der Waals surface area (Å²) < 4.78 is 0. The van der Waals surface area contributed by atoms with Crippen molar-refractivity contribution < 1.29 is 0 Å². The van der Waals surface area contributed by atoms with E-state index in [1.54, 1.807) is 11.2 Å². The molecule has 0 fully saturated rings. The molecule has 0 spiro atoms. The Balaban J connectivity index is 2.04. The molecule has 1 N–H and O–H groups in total. The molecule has 72 valence electrons. The van der Waals surface area contributed by atoms with Gasteiger partial charge in [0.2, 0.25) is 0 Å². The van der Waals surface area contributed by atoms with E-state index in [9.17, 15) is 0 Å². The molecule has 0 radical (unpaired) electrons. The summed E-state index contributed by atoms with van der Waals surface area (Å²) in [6.45, 7) is 0. The molecule has 2 aromatic rings. The average molecular weight is 204 g/mol. The van der Waals surface area contributed by atoms with Gasteiger partial charge < -0.3 is 4.98 Å². The van der Waals surface area contributed by atoms with Gasteiger partial charge in [-0.3, -0.25) is 0 Å². The summed E-state index contributed by atoms with van der Waals surface area (Å²) in [7, 11) is 0. The zero-order valence-electron chi connectivity index (χ0n) is 7.86. The van der Waals surface area contributed by atoms with Crippen LogP contribution in [0.4, 0.5) is 0 Å². The molecule has 1 unspecified atom stereocenters. The number of H-pyrrole nitrogens is 1. The number of thiophene rings is 1. The van der Waals surface area contributed by atoms with Gasteiger partial charge in [-0.2, -0.15) is 0 Å². The number of fused-ring (bicyclic) bond motifs is 1. The molecular weight excluding hydrogens is 192 g/mol. The van der Waals surface area contributed by atoms with Crippen molar-refractivity contribution in [3.05, 3.63) is 40.1 Å². The van der Waals surface area contributed by atoms with Crippen LogP contribution in [0.15, 0.2) is 24.0 Å². The third-order valence-electron chi connectivity index (χ3n) is 2.95. The highest BCUT2D eigenvalue weighted by atomic mass is 32.1. The van der Waals surface area contributed by atoms with Crippen LogP contribution in [-0.4, -0.2) is 9.97 Å². The van der Waals surface area contributed by atoms with Gasteiger partial charge in [0.1, 0.15) is 0 Å². The topological polar surface area (TPSA) is 28.7 Å². The summed E-state index contributed by atoms with van der Waals surface area (Å²) in [5.74, 6) is 0.562. The van der Waals surface area contributed by atoms with E-state index in [1.807, 2.05) is 17.5 Å². The zero-order valence-corrected chi connectivity index (χ0v) is 8.68. The maximum absolute atomic E-state index is 4.10. The molecule has 1 aliphatic rings. The number of rotatable bonds is 1. The van der Waals surface area contributed by atoms with E-state index >= 15 is 0 Å². The highest BCUT2D eigenvalue weighted by molar-refractivity contribution is 7.10. The van der Waals surface area contributed by atoms with Crippen LogP contribution in [0.1, 0.15) is 34.9 Å². The third-order valence-corrected chi connectivity index (χ3v) is 3.94. The van der Waals surface area contributed by atoms with Crippen molar-refractivity contribution in [2.24, 2.45) is 0 Å². The molecule has 0 aromatic carbocycles. The largest absolute Gasteiger partial charge is 0.348 e. The van der Waals surface area contributed by atoms with Crippen molar-refractivity contribution >= 4 is 11.3 Å². The molecule has 3 heteroatoms. The van der Waals surface area contributed by atoms with E-state index in [0.717, 1.165) is 0 Å². The lowest BCUT2D eigenvalue weighted by Gasteiger charge is -2.21. The first-order valence-electron chi connectivity index (χ1n) is 4.99. The molecule has 0 aliphatic heterocycles. The van der Waals surface area contributed by atoms with E-state index in [4.69, 9.17) is 0 Å². The first-order chi connectivity index (χ1) is 6.95. The number of aromatic nitrogens is 2. The Hall–Kier alpha value is -1.09. The van der Waals surface area contributed by atoms with Crippen molar-refractivity contribution in [2.75, 3.05) is 0 Å². The predicted octanol–water partition coefficient (Wildman–Crippen LogP) is 2.94. The summed E-state index contributed by atoms with van der Waals surface area (Å²) in [5.41, 5.74) is 2.79. The lowest BCUT2D eigenvalue weighted by atomic mass is 9.86. The number of hydrogen-bond acceptors (Lipinski definition) is 2. The van der Waals surface area contributed by atoms with Crippen LogP contribution in [0.25, 0.3) is 0 Å². The Morgan fingerprint density at radius 1 is 1.50 bits per heavy atom. The van der Waals surface area contributed by atoms with Crippen LogP contribution in [0.2, 0.25) is 0 Å². The molecule has 3 rings (SSSR count). The van der Waals surface area contributed by atoms with Crippen molar-refractivity contribution in [1.82, 2.24) is 9.97 Å². The first kappa shape index (κ1) is 8.24. The first-order valence-corrected chi connectivity index (χ1v) is 5.87. The monoisotopic (exact) mass is 204 g/mol. The lowest BCUT2D eigenvalue weighted by molar-refractivity contribution is 0.615. The highest BCUT2D eigenvalue weighted by Crippen LogP contribution is 2.38. The Bertz CT molecular complexity index is 416. The van der Waals surface area contributed by atoms with Crippen molar-refractivity contribution in [3.63, 3.8) is 0 Å². The van der Waals surface area contributed by atoms with E-state index in [0.29, 0.717) is 5.92 Å². The molecule has 0 amide bonds. The zero-order chi connectivity index (χ0) is 9.38. The average Bonchev–Trinajstić information content (AvgIpc) is 2.88. The Labute approximate surface area is 87.0 Å². The lowest BCUT2D eigenvalue weighted by Crippen LogP contribution is -2.08. The molecule has 0 bridgehead atoms. The standard InChI is InChI=1S/C11H12N2S/c1-2-8(10-6-12-7-13-10)9-4-5-14-11(9)3-1/h4-8H,1-3H2,(H,12,13). The molecular formula is C11H12N2S. The summed E-state index contributed by atoms with van der Waals surface area (Å²) >= 11 is 1.89. The summed E-state index contributed by atoms with van der Waals surface area (Å²) in [6, 6.07) is 2.27. The number of nitrogens with one attached hydrogen (secondary N) is 1. The fourth-order valence-electron chi connectivity index (χ4n) is 2.27. The van der Waals surface area contributed by atoms with E-state index in [1.165, 1.54) is 30.5 Å². The van der Waals surface area contributed by atoms with E-state index in [2.05, 4.69) is 21.4 Å². The number of aryl methyl sites for hydroxylation is 1. The van der Waals surface area contributed by atoms with Crippen molar-refractivity contribution in [1.29, 1.82) is 0 Å².